The number of aliphatic hydroxyl groups is 1. The fourth-order valence-electron chi connectivity index (χ4n) is 3.80. The number of hydrogen-bond donors (Lipinski definition) is 3. The van der Waals surface area contributed by atoms with Gasteiger partial charge in [-0.25, -0.2) is 9.55 Å². The SMILES string of the molecule is CO[C@H]1C(n2c(Br)nc3c(=O)[nH]c(N)nc32)O[C@H](COP(=O)(OCCSC(=O)C(C)(C)C)OCCSC(=O)C(C)(C)C)[C@H]1O. The van der Waals surface area contributed by atoms with Crippen molar-refractivity contribution in [2.75, 3.05) is 44.2 Å². The number of imidazole rings is 1. The van der Waals surface area contributed by atoms with Crippen LogP contribution in [0, 0.1) is 10.8 Å². The lowest BCUT2D eigenvalue weighted by Crippen LogP contribution is -2.35. The number of anilines is 1. The van der Waals surface area contributed by atoms with Crippen LogP contribution in [0.3, 0.4) is 0 Å². The van der Waals surface area contributed by atoms with Crippen LogP contribution in [0.1, 0.15) is 47.8 Å². The van der Waals surface area contributed by atoms with Crippen molar-refractivity contribution in [2.45, 2.75) is 66.1 Å². The summed E-state index contributed by atoms with van der Waals surface area (Å²) in [6.45, 7) is 10.0. The van der Waals surface area contributed by atoms with Crippen LogP contribution in [0.15, 0.2) is 9.53 Å². The van der Waals surface area contributed by atoms with Gasteiger partial charge in [-0.1, -0.05) is 65.1 Å². The highest BCUT2D eigenvalue weighted by molar-refractivity contribution is 9.10. The Labute approximate surface area is 271 Å². The number of carbonyl (C=O) groups is 2. The molecule has 1 fully saturated rings. The fraction of sp³-hybridized carbons (Fsp3) is 0.720. The van der Waals surface area contributed by atoms with E-state index in [2.05, 4.69) is 30.9 Å². The zero-order valence-corrected chi connectivity index (χ0v) is 29.6. The van der Waals surface area contributed by atoms with Crippen molar-refractivity contribution in [2.24, 2.45) is 10.8 Å². The van der Waals surface area contributed by atoms with Crippen LogP contribution >= 0.6 is 47.3 Å². The second-order valence-electron chi connectivity index (χ2n) is 11.8. The summed E-state index contributed by atoms with van der Waals surface area (Å²) in [5, 5.41) is 10.9. The van der Waals surface area contributed by atoms with Gasteiger partial charge in [0, 0.05) is 29.4 Å². The van der Waals surface area contributed by atoms with Crippen LogP contribution in [0.2, 0.25) is 0 Å². The molecule has 0 aliphatic carbocycles. The molecule has 0 bridgehead atoms. The molecule has 1 aliphatic heterocycles. The van der Waals surface area contributed by atoms with Gasteiger partial charge in [0.1, 0.15) is 18.3 Å². The summed E-state index contributed by atoms with van der Waals surface area (Å²) >= 11 is 5.35. The molecule has 19 heteroatoms. The molecular formula is C25H39BrN5O10PS2. The Bertz CT molecular complexity index is 1410. The predicted octanol–water partition coefficient (Wildman–Crippen LogP) is 3.51. The highest BCUT2D eigenvalue weighted by Crippen LogP contribution is 2.50. The Morgan fingerprint density at radius 1 is 1.07 bits per heavy atom. The number of carbonyl (C=O) groups excluding carboxylic acids is 2. The minimum absolute atomic E-state index is 0.0179. The largest absolute Gasteiger partial charge is 0.474 e. The first-order valence-electron chi connectivity index (χ1n) is 13.6. The molecule has 1 saturated heterocycles. The van der Waals surface area contributed by atoms with Crippen molar-refractivity contribution >= 4 is 74.6 Å². The first kappa shape index (κ1) is 37.1. The van der Waals surface area contributed by atoms with E-state index in [0.29, 0.717) is 0 Å². The lowest BCUT2D eigenvalue weighted by atomic mass is 9.99. The van der Waals surface area contributed by atoms with E-state index in [4.69, 9.17) is 28.8 Å². The summed E-state index contributed by atoms with van der Waals surface area (Å²) in [4.78, 5) is 47.6. The van der Waals surface area contributed by atoms with E-state index < -0.39 is 55.4 Å². The number of nitrogens with zero attached hydrogens (tertiary/aromatic N) is 3. The molecule has 44 heavy (non-hydrogen) atoms. The number of thioether (sulfide) groups is 2. The first-order chi connectivity index (χ1) is 20.4. The van der Waals surface area contributed by atoms with E-state index >= 15 is 0 Å². The molecule has 2 aromatic rings. The summed E-state index contributed by atoms with van der Waals surface area (Å²) in [6, 6.07) is 0. The first-order valence-corrected chi connectivity index (χ1v) is 17.8. The number of aliphatic hydroxyl groups excluding tert-OH is 1. The number of fused-ring (bicyclic) bond motifs is 1. The third-order valence-corrected chi connectivity index (χ3v) is 10.6. The van der Waals surface area contributed by atoms with Crippen molar-refractivity contribution < 1.29 is 42.3 Å². The Kier molecular flexibility index (Phi) is 12.7. The van der Waals surface area contributed by atoms with Gasteiger partial charge >= 0.3 is 7.82 Å². The maximum absolute atomic E-state index is 13.6. The minimum Gasteiger partial charge on any atom is -0.387 e. The van der Waals surface area contributed by atoms with Crippen molar-refractivity contribution in [3.05, 3.63) is 15.1 Å². The second kappa shape index (κ2) is 15.0. The zero-order chi connectivity index (χ0) is 33.0. The van der Waals surface area contributed by atoms with Crippen LogP contribution in [-0.2, 0) is 37.2 Å². The van der Waals surface area contributed by atoms with Gasteiger partial charge in [0.2, 0.25) is 5.95 Å². The third kappa shape index (κ3) is 9.36. The Hall–Kier alpha value is -1.34. The van der Waals surface area contributed by atoms with E-state index in [-0.39, 0.29) is 56.8 Å². The molecular weight excluding hydrogens is 705 g/mol. The van der Waals surface area contributed by atoms with Crippen molar-refractivity contribution in [3.63, 3.8) is 0 Å². The van der Waals surface area contributed by atoms with Gasteiger partial charge in [0.05, 0.1) is 19.8 Å². The van der Waals surface area contributed by atoms with Crippen LogP contribution < -0.4 is 11.3 Å². The van der Waals surface area contributed by atoms with E-state index in [0.717, 1.165) is 23.5 Å². The molecule has 15 nitrogen and oxygen atoms in total. The average Bonchev–Trinajstić information content (AvgIpc) is 3.41. The molecule has 3 rings (SSSR count). The summed E-state index contributed by atoms with van der Waals surface area (Å²) < 4.78 is 43.3. The van der Waals surface area contributed by atoms with Gasteiger partial charge in [0.15, 0.2) is 32.4 Å². The second-order valence-corrected chi connectivity index (χ2v) is 16.3. The van der Waals surface area contributed by atoms with Crippen LogP contribution in [-0.4, -0.2) is 91.6 Å². The molecule has 1 aliphatic rings. The summed E-state index contributed by atoms with van der Waals surface area (Å²) in [5.41, 5.74) is 4.10. The molecule has 0 saturated carbocycles. The smallest absolute Gasteiger partial charge is 0.387 e. The van der Waals surface area contributed by atoms with E-state index in [1.165, 1.54) is 11.7 Å². The van der Waals surface area contributed by atoms with Crippen LogP contribution in [0.25, 0.3) is 11.2 Å². The number of nitrogens with one attached hydrogen (secondary N) is 1. The number of aromatic amines is 1. The number of nitrogen functional groups attached to an aromatic ring is 1. The van der Waals surface area contributed by atoms with Crippen molar-refractivity contribution in [3.8, 4) is 0 Å². The number of nitrogens with two attached hydrogens (primary N) is 1. The molecule has 248 valence electrons. The Morgan fingerprint density at radius 3 is 2.11 bits per heavy atom. The Balaban J connectivity index is 1.73. The molecule has 3 heterocycles. The maximum Gasteiger partial charge on any atom is 0.474 e. The van der Waals surface area contributed by atoms with Crippen molar-refractivity contribution in [1.29, 1.82) is 0 Å². The summed E-state index contributed by atoms with van der Waals surface area (Å²) in [7, 11) is -2.89. The number of methoxy groups -OCH3 is 1. The molecule has 4 N–H and O–H groups in total. The molecule has 4 atom stereocenters. The van der Waals surface area contributed by atoms with Gasteiger partial charge in [-0.2, -0.15) is 4.98 Å². The number of hydrogen-bond acceptors (Lipinski definition) is 15. The topological polar surface area (TPSA) is 207 Å². The van der Waals surface area contributed by atoms with Gasteiger partial charge in [-0.3, -0.25) is 37.5 Å². The third-order valence-electron chi connectivity index (χ3n) is 6.12. The van der Waals surface area contributed by atoms with Crippen molar-refractivity contribution in [1.82, 2.24) is 19.5 Å². The maximum atomic E-state index is 13.6. The fourth-order valence-corrected chi connectivity index (χ4v) is 7.34. The number of phosphoric acid groups is 1. The normalized spacial score (nSPS) is 21.3. The zero-order valence-electron chi connectivity index (χ0n) is 25.5. The lowest BCUT2D eigenvalue weighted by molar-refractivity contribution is -0.118. The van der Waals surface area contributed by atoms with E-state index in [9.17, 15) is 24.1 Å². The van der Waals surface area contributed by atoms with Gasteiger partial charge in [-0.05, 0) is 15.9 Å². The standard InChI is InChI=1S/C25H39BrN5O10PS2/c1-24(2,3)20(34)43-10-8-38-42(36,39-9-11-44-21(35)25(4,5)6)40-12-13-15(32)16(37-7)19(41-13)31-17-14(28-22(31)26)18(33)30-23(27)29-17/h13,15-16,19,32H,8-12H2,1-7H3,(H3,27,29,30,33)/t13-,15-,16-,19?/m1/s1. The molecule has 1 unspecified atom stereocenters. The van der Waals surface area contributed by atoms with Gasteiger partial charge in [-0.15, -0.1) is 0 Å². The summed E-state index contributed by atoms with van der Waals surface area (Å²) in [5.74, 6) is 0.234. The van der Waals surface area contributed by atoms with Crippen LogP contribution in [0.4, 0.5) is 5.95 Å². The molecule has 2 aromatic heterocycles. The lowest BCUT2D eigenvalue weighted by Gasteiger charge is -2.22. The average molecular weight is 745 g/mol. The van der Waals surface area contributed by atoms with Gasteiger partial charge < -0.3 is 20.3 Å². The van der Waals surface area contributed by atoms with Crippen LogP contribution in [0.5, 0.6) is 0 Å². The number of H-pyrrole nitrogens is 1. The quantitative estimate of drug-likeness (QED) is 0.152. The molecule has 0 radical (unpaired) electrons. The highest BCUT2D eigenvalue weighted by atomic mass is 79.9. The molecule has 0 spiro atoms. The molecule has 0 aromatic carbocycles. The number of halogens is 1. The monoisotopic (exact) mass is 743 g/mol. The number of aromatic nitrogens is 4. The van der Waals surface area contributed by atoms with Gasteiger partial charge in [0.25, 0.3) is 5.56 Å². The highest BCUT2D eigenvalue weighted by Gasteiger charge is 2.47. The van der Waals surface area contributed by atoms with E-state index in [1.807, 2.05) is 0 Å². The molecule has 0 amide bonds. The number of phosphoric ester groups is 1. The van der Waals surface area contributed by atoms with E-state index in [1.54, 1.807) is 41.5 Å². The number of rotatable bonds is 13. The summed E-state index contributed by atoms with van der Waals surface area (Å²) in [6.07, 6.45) is -4.41. The minimum atomic E-state index is -4.25. The Morgan fingerprint density at radius 2 is 1.61 bits per heavy atom. The number of ether oxygens (including phenoxy) is 2. The predicted molar refractivity (Wildman–Crippen MR) is 170 cm³/mol.